The summed E-state index contributed by atoms with van der Waals surface area (Å²) in [4.78, 5) is 11.4. The molecule has 1 aliphatic rings. The van der Waals surface area contributed by atoms with Crippen molar-refractivity contribution >= 4 is 5.97 Å². The highest BCUT2D eigenvalue weighted by Gasteiger charge is 2.26. The van der Waals surface area contributed by atoms with E-state index in [-0.39, 0.29) is 17.2 Å². The molecule has 3 rings (SSSR count). The normalized spacial score (nSPS) is 15.7. The summed E-state index contributed by atoms with van der Waals surface area (Å²) in [6.07, 6.45) is 5.50. The van der Waals surface area contributed by atoms with Gasteiger partial charge in [-0.3, -0.25) is 0 Å². The highest BCUT2D eigenvalue weighted by molar-refractivity contribution is 5.89. The van der Waals surface area contributed by atoms with Crippen LogP contribution in [0.3, 0.4) is 0 Å². The zero-order valence-corrected chi connectivity index (χ0v) is 10.9. The van der Waals surface area contributed by atoms with Crippen LogP contribution in [-0.2, 0) is 0 Å². The van der Waals surface area contributed by atoms with Crippen molar-refractivity contribution in [3.05, 3.63) is 47.5 Å². The molecule has 1 fully saturated rings. The number of benzene rings is 1. The molecule has 1 heterocycles. The van der Waals surface area contributed by atoms with Gasteiger partial charge >= 0.3 is 5.97 Å². The van der Waals surface area contributed by atoms with Crippen molar-refractivity contribution in [3.63, 3.8) is 0 Å². The van der Waals surface area contributed by atoms with E-state index in [0.717, 1.165) is 25.7 Å². The van der Waals surface area contributed by atoms with Crippen LogP contribution in [0.15, 0.2) is 30.5 Å². The van der Waals surface area contributed by atoms with E-state index < -0.39 is 11.8 Å². The molecule has 20 heavy (non-hydrogen) atoms. The van der Waals surface area contributed by atoms with Crippen molar-refractivity contribution in [2.24, 2.45) is 0 Å². The SMILES string of the molecule is O=C(O)c1cn(-c2ccccc2F)nc1C1CCCC1. The first kappa shape index (κ1) is 12.8. The number of carbonyl (C=O) groups is 1. The van der Waals surface area contributed by atoms with Gasteiger partial charge in [-0.25, -0.2) is 13.9 Å². The second-order valence-corrected chi connectivity index (χ2v) is 5.11. The Balaban J connectivity index is 2.07. The minimum atomic E-state index is -1.01. The predicted octanol–water partition coefficient (Wildman–Crippen LogP) is 3.37. The number of rotatable bonds is 3. The monoisotopic (exact) mass is 274 g/mol. The lowest BCUT2D eigenvalue weighted by atomic mass is 10.0. The maximum atomic E-state index is 13.8. The molecule has 2 aromatic rings. The molecule has 5 heteroatoms. The lowest BCUT2D eigenvalue weighted by Crippen LogP contribution is -2.03. The van der Waals surface area contributed by atoms with E-state index >= 15 is 0 Å². The first-order chi connectivity index (χ1) is 9.66. The molecule has 0 spiro atoms. The zero-order chi connectivity index (χ0) is 14.1. The summed E-state index contributed by atoms with van der Waals surface area (Å²) < 4.78 is 15.1. The maximum absolute atomic E-state index is 13.8. The maximum Gasteiger partial charge on any atom is 0.339 e. The highest BCUT2D eigenvalue weighted by Crippen LogP contribution is 2.35. The first-order valence-electron chi connectivity index (χ1n) is 6.74. The number of halogens is 1. The number of hydrogen-bond donors (Lipinski definition) is 1. The van der Waals surface area contributed by atoms with Crippen molar-refractivity contribution < 1.29 is 14.3 Å². The van der Waals surface area contributed by atoms with E-state index in [4.69, 9.17) is 0 Å². The molecule has 104 valence electrons. The average molecular weight is 274 g/mol. The van der Waals surface area contributed by atoms with E-state index in [1.165, 1.54) is 16.9 Å². The van der Waals surface area contributed by atoms with E-state index in [9.17, 15) is 14.3 Å². The second kappa shape index (κ2) is 5.07. The van der Waals surface area contributed by atoms with Crippen LogP contribution < -0.4 is 0 Å². The number of carboxylic acids is 1. The molecular formula is C15H15FN2O2. The molecule has 0 bridgehead atoms. The van der Waals surface area contributed by atoms with Crippen LogP contribution in [0.1, 0.15) is 47.7 Å². The van der Waals surface area contributed by atoms with Crippen LogP contribution in [0.5, 0.6) is 0 Å². The zero-order valence-electron chi connectivity index (χ0n) is 10.9. The Morgan fingerprint density at radius 2 is 2.00 bits per heavy atom. The summed E-state index contributed by atoms with van der Waals surface area (Å²) in [6, 6.07) is 6.23. The van der Waals surface area contributed by atoms with Gasteiger partial charge in [-0.05, 0) is 25.0 Å². The van der Waals surface area contributed by atoms with Crippen LogP contribution in [-0.4, -0.2) is 20.9 Å². The van der Waals surface area contributed by atoms with Gasteiger partial charge in [0, 0.05) is 12.1 Å². The van der Waals surface area contributed by atoms with Crippen molar-refractivity contribution in [2.45, 2.75) is 31.6 Å². The molecule has 0 atom stereocenters. The van der Waals surface area contributed by atoms with E-state index in [1.54, 1.807) is 18.2 Å². The molecule has 1 saturated carbocycles. The first-order valence-corrected chi connectivity index (χ1v) is 6.74. The third-order valence-corrected chi connectivity index (χ3v) is 3.81. The van der Waals surface area contributed by atoms with Crippen molar-refractivity contribution in [1.29, 1.82) is 0 Å². The molecule has 1 aromatic carbocycles. The number of aromatic nitrogens is 2. The van der Waals surface area contributed by atoms with Gasteiger partial charge in [-0.1, -0.05) is 25.0 Å². The molecule has 0 radical (unpaired) electrons. The Hall–Kier alpha value is -2.17. The number of para-hydroxylation sites is 1. The van der Waals surface area contributed by atoms with Gasteiger partial charge in [0.25, 0.3) is 0 Å². The molecule has 1 aromatic heterocycles. The summed E-state index contributed by atoms with van der Waals surface area (Å²) >= 11 is 0. The topological polar surface area (TPSA) is 55.1 Å². The van der Waals surface area contributed by atoms with Crippen LogP contribution >= 0.6 is 0 Å². The lowest BCUT2D eigenvalue weighted by molar-refractivity contribution is 0.0695. The largest absolute Gasteiger partial charge is 0.478 e. The van der Waals surface area contributed by atoms with E-state index in [0.29, 0.717) is 5.69 Å². The van der Waals surface area contributed by atoms with Gasteiger partial charge in [-0.2, -0.15) is 5.10 Å². The summed E-state index contributed by atoms with van der Waals surface area (Å²) in [5.41, 5.74) is 1.04. The minimum absolute atomic E-state index is 0.175. The van der Waals surface area contributed by atoms with Crippen LogP contribution in [0.4, 0.5) is 4.39 Å². The molecule has 4 nitrogen and oxygen atoms in total. The molecule has 1 N–H and O–H groups in total. The average Bonchev–Trinajstić information content (AvgIpc) is 3.08. The Morgan fingerprint density at radius 1 is 1.30 bits per heavy atom. The van der Waals surface area contributed by atoms with Gasteiger partial charge in [0.05, 0.1) is 5.69 Å². The van der Waals surface area contributed by atoms with Crippen LogP contribution in [0, 0.1) is 5.82 Å². The van der Waals surface area contributed by atoms with Gasteiger partial charge < -0.3 is 5.11 Å². The van der Waals surface area contributed by atoms with E-state index in [2.05, 4.69) is 5.10 Å². The summed E-state index contributed by atoms with van der Waals surface area (Å²) in [5.74, 6) is -1.24. The summed E-state index contributed by atoms with van der Waals surface area (Å²) in [7, 11) is 0. The smallest absolute Gasteiger partial charge is 0.339 e. The van der Waals surface area contributed by atoms with Gasteiger partial charge in [-0.15, -0.1) is 0 Å². The Labute approximate surface area is 115 Å². The van der Waals surface area contributed by atoms with Crippen molar-refractivity contribution in [1.82, 2.24) is 9.78 Å². The van der Waals surface area contributed by atoms with Crippen LogP contribution in [0.2, 0.25) is 0 Å². The van der Waals surface area contributed by atoms with E-state index in [1.807, 2.05) is 0 Å². The highest BCUT2D eigenvalue weighted by atomic mass is 19.1. The third kappa shape index (κ3) is 2.19. The predicted molar refractivity (Wildman–Crippen MR) is 71.7 cm³/mol. The number of aromatic carboxylic acids is 1. The van der Waals surface area contributed by atoms with Gasteiger partial charge in [0.2, 0.25) is 0 Å². The number of nitrogens with zero attached hydrogens (tertiary/aromatic N) is 2. The van der Waals surface area contributed by atoms with Crippen LogP contribution in [0.25, 0.3) is 5.69 Å². The Morgan fingerprint density at radius 3 is 2.65 bits per heavy atom. The van der Waals surface area contributed by atoms with Gasteiger partial charge in [0.15, 0.2) is 0 Å². The summed E-state index contributed by atoms with van der Waals surface area (Å²) in [5, 5.41) is 13.6. The van der Waals surface area contributed by atoms with Gasteiger partial charge in [0.1, 0.15) is 17.1 Å². The molecule has 0 amide bonds. The van der Waals surface area contributed by atoms with Crippen molar-refractivity contribution in [3.8, 4) is 5.69 Å². The fraction of sp³-hybridized carbons (Fsp3) is 0.333. The second-order valence-electron chi connectivity index (χ2n) is 5.11. The lowest BCUT2D eigenvalue weighted by Gasteiger charge is -2.06. The Kier molecular flexibility index (Phi) is 3.26. The summed E-state index contributed by atoms with van der Waals surface area (Å²) in [6.45, 7) is 0. The molecular weight excluding hydrogens is 259 g/mol. The standard InChI is InChI=1S/C15H15FN2O2/c16-12-7-3-4-8-13(12)18-9-11(15(19)20)14(17-18)10-5-1-2-6-10/h3-4,7-10H,1-2,5-6H2,(H,19,20). The number of carboxylic acid groups (broad SMARTS) is 1. The minimum Gasteiger partial charge on any atom is -0.478 e. The molecule has 0 aliphatic heterocycles. The molecule has 0 saturated heterocycles. The molecule has 1 aliphatic carbocycles. The van der Waals surface area contributed by atoms with Crippen molar-refractivity contribution in [2.75, 3.05) is 0 Å². The third-order valence-electron chi connectivity index (χ3n) is 3.81. The Bertz CT molecular complexity index is 645. The molecule has 0 unspecified atom stereocenters. The number of hydrogen-bond acceptors (Lipinski definition) is 2. The fourth-order valence-corrected chi connectivity index (χ4v) is 2.81. The quantitative estimate of drug-likeness (QED) is 0.933. The fourth-order valence-electron chi connectivity index (χ4n) is 2.81.